The number of likely N-dealkylation sites (N-methyl/N-ethyl adjacent to an activating group) is 2. The van der Waals surface area contributed by atoms with Crippen molar-refractivity contribution >= 4 is 40.4 Å². The predicted octanol–water partition coefficient (Wildman–Crippen LogP) is 1.55. The van der Waals surface area contributed by atoms with E-state index in [0.717, 1.165) is 5.69 Å². The second-order valence-corrected chi connectivity index (χ2v) is 4.65. The van der Waals surface area contributed by atoms with Crippen molar-refractivity contribution in [1.82, 2.24) is 5.32 Å². The van der Waals surface area contributed by atoms with Crippen LogP contribution < -0.4 is 16.0 Å². The fourth-order valence-electron chi connectivity index (χ4n) is 1.63. The Morgan fingerprint density at radius 3 is 2.78 bits per heavy atom. The van der Waals surface area contributed by atoms with Gasteiger partial charge in [0.2, 0.25) is 5.91 Å². The maximum atomic E-state index is 11.5. The first kappa shape index (κ1) is 14.7. The van der Waals surface area contributed by atoms with Gasteiger partial charge in [-0.2, -0.15) is 0 Å². The van der Waals surface area contributed by atoms with Crippen LogP contribution in [0.25, 0.3) is 0 Å². The Labute approximate surface area is 117 Å². The van der Waals surface area contributed by atoms with Gasteiger partial charge in [-0.25, -0.2) is 0 Å². The average molecular weight is 286 g/mol. The smallest absolute Gasteiger partial charge is 0.239 e. The Kier molecular flexibility index (Phi) is 5.37. The number of amides is 1. The Balaban J connectivity index is 2.98. The van der Waals surface area contributed by atoms with Crippen molar-refractivity contribution in [2.45, 2.75) is 6.92 Å². The standard InChI is InChI=1S/C12H16ClN3OS/c1-3-15-10(17)7-16(2)9-6-4-5-8(13)11(9)12(14)18/h4-6H,3,7H2,1-2H3,(H2,14,18)(H,15,17). The van der Waals surface area contributed by atoms with E-state index in [1.54, 1.807) is 24.1 Å². The highest BCUT2D eigenvalue weighted by Gasteiger charge is 2.14. The van der Waals surface area contributed by atoms with Gasteiger partial charge in [-0.15, -0.1) is 0 Å². The number of nitrogens with zero attached hydrogens (tertiary/aromatic N) is 1. The van der Waals surface area contributed by atoms with Crippen molar-refractivity contribution in [3.05, 3.63) is 28.8 Å². The quantitative estimate of drug-likeness (QED) is 0.806. The molecule has 0 bridgehead atoms. The van der Waals surface area contributed by atoms with E-state index in [4.69, 9.17) is 29.6 Å². The van der Waals surface area contributed by atoms with E-state index in [9.17, 15) is 4.79 Å². The molecule has 6 heteroatoms. The highest BCUT2D eigenvalue weighted by molar-refractivity contribution is 7.80. The molecule has 18 heavy (non-hydrogen) atoms. The molecule has 1 aromatic rings. The minimum atomic E-state index is -0.0612. The summed E-state index contributed by atoms with van der Waals surface area (Å²) in [6.07, 6.45) is 0. The number of anilines is 1. The molecule has 0 unspecified atom stereocenters. The number of halogens is 1. The van der Waals surface area contributed by atoms with Crippen molar-refractivity contribution in [1.29, 1.82) is 0 Å². The van der Waals surface area contributed by atoms with Crippen LogP contribution in [-0.2, 0) is 4.79 Å². The van der Waals surface area contributed by atoms with Crippen molar-refractivity contribution in [2.75, 3.05) is 25.0 Å². The summed E-state index contributed by atoms with van der Waals surface area (Å²) in [5, 5.41) is 3.22. The number of nitrogens with one attached hydrogen (secondary N) is 1. The van der Waals surface area contributed by atoms with E-state index in [0.29, 0.717) is 17.1 Å². The van der Waals surface area contributed by atoms with E-state index < -0.39 is 0 Å². The highest BCUT2D eigenvalue weighted by atomic mass is 35.5. The lowest BCUT2D eigenvalue weighted by Crippen LogP contribution is -2.35. The molecule has 0 atom stereocenters. The number of carbonyl (C=O) groups is 1. The Morgan fingerprint density at radius 2 is 2.22 bits per heavy atom. The zero-order chi connectivity index (χ0) is 13.7. The Bertz CT molecular complexity index is 465. The molecule has 0 fully saturated rings. The zero-order valence-corrected chi connectivity index (χ0v) is 11.9. The van der Waals surface area contributed by atoms with Crippen LogP contribution in [-0.4, -0.2) is 31.0 Å². The first-order valence-electron chi connectivity index (χ1n) is 5.53. The SMILES string of the molecule is CCNC(=O)CN(C)c1cccc(Cl)c1C(N)=S. The second kappa shape index (κ2) is 6.56. The van der Waals surface area contributed by atoms with Gasteiger partial charge in [-0.1, -0.05) is 29.9 Å². The molecule has 0 aliphatic heterocycles. The highest BCUT2D eigenvalue weighted by Crippen LogP contribution is 2.26. The third-order valence-electron chi connectivity index (χ3n) is 2.40. The summed E-state index contributed by atoms with van der Waals surface area (Å²) in [7, 11) is 1.79. The zero-order valence-electron chi connectivity index (χ0n) is 10.4. The van der Waals surface area contributed by atoms with Gasteiger partial charge < -0.3 is 16.0 Å². The maximum Gasteiger partial charge on any atom is 0.239 e. The molecule has 98 valence electrons. The van der Waals surface area contributed by atoms with Crippen molar-refractivity contribution in [3.8, 4) is 0 Å². The summed E-state index contributed by atoms with van der Waals surface area (Å²) in [5.74, 6) is -0.0612. The number of rotatable bonds is 5. The lowest BCUT2D eigenvalue weighted by atomic mass is 10.1. The molecule has 0 aliphatic carbocycles. The fourth-order valence-corrected chi connectivity index (χ4v) is 2.17. The molecule has 0 saturated heterocycles. The summed E-state index contributed by atoms with van der Waals surface area (Å²) in [4.78, 5) is 13.5. The van der Waals surface area contributed by atoms with Gasteiger partial charge in [-0.05, 0) is 19.1 Å². The number of hydrogen-bond acceptors (Lipinski definition) is 3. The molecule has 0 saturated carbocycles. The van der Waals surface area contributed by atoms with Crippen molar-refractivity contribution < 1.29 is 4.79 Å². The van der Waals surface area contributed by atoms with Crippen LogP contribution in [0.5, 0.6) is 0 Å². The van der Waals surface area contributed by atoms with Crippen LogP contribution in [0, 0.1) is 0 Å². The van der Waals surface area contributed by atoms with Crippen molar-refractivity contribution in [3.63, 3.8) is 0 Å². The van der Waals surface area contributed by atoms with E-state index >= 15 is 0 Å². The Morgan fingerprint density at radius 1 is 1.56 bits per heavy atom. The molecule has 0 heterocycles. The predicted molar refractivity (Wildman–Crippen MR) is 79.3 cm³/mol. The van der Waals surface area contributed by atoms with Gasteiger partial charge >= 0.3 is 0 Å². The normalized spacial score (nSPS) is 9.94. The van der Waals surface area contributed by atoms with E-state index in [2.05, 4.69) is 5.32 Å². The van der Waals surface area contributed by atoms with Crippen LogP contribution in [0.15, 0.2) is 18.2 Å². The van der Waals surface area contributed by atoms with Gasteiger partial charge in [0.1, 0.15) is 4.99 Å². The molecule has 0 aliphatic rings. The van der Waals surface area contributed by atoms with Crippen LogP contribution in [0.1, 0.15) is 12.5 Å². The van der Waals surface area contributed by atoms with Crippen LogP contribution >= 0.6 is 23.8 Å². The first-order valence-corrected chi connectivity index (χ1v) is 6.32. The van der Waals surface area contributed by atoms with Gasteiger partial charge in [0, 0.05) is 19.3 Å². The third kappa shape index (κ3) is 3.58. The Hall–Kier alpha value is -1.33. The molecule has 0 aromatic heterocycles. The van der Waals surface area contributed by atoms with E-state index in [1.807, 2.05) is 13.0 Å². The summed E-state index contributed by atoms with van der Waals surface area (Å²) < 4.78 is 0. The largest absolute Gasteiger partial charge is 0.389 e. The average Bonchev–Trinajstić information content (AvgIpc) is 2.28. The van der Waals surface area contributed by atoms with Crippen LogP contribution in [0.4, 0.5) is 5.69 Å². The molecule has 3 N–H and O–H groups in total. The fraction of sp³-hybridized carbons (Fsp3) is 0.333. The van der Waals surface area contributed by atoms with Gasteiger partial charge in [-0.3, -0.25) is 4.79 Å². The van der Waals surface area contributed by atoms with Crippen molar-refractivity contribution in [2.24, 2.45) is 5.73 Å². The van der Waals surface area contributed by atoms with Gasteiger partial charge in [0.25, 0.3) is 0 Å². The molecule has 1 aromatic carbocycles. The van der Waals surface area contributed by atoms with Gasteiger partial charge in [0.15, 0.2) is 0 Å². The third-order valence-corrected chi connectivity index (χ3v) is 2.92. The minimum Gasteiger partial charge on any atom is -0.389 e. The summed E-state index contributed by atoms with van der Waals surface area (Å²) >= 11 is 11.1. The lowest BCUT2D eigenvalue weighted by molar-refractivity contribution is -0.119. The second-order valence-electron chi connectivity index (χ2n) is 3.81. The molecule has 1 amide bonds. The number of benzene rings is 1. The first-order chi connectivity index (χ1) is 8.47. The number of nitrogens with two attached hydrogens (primary N) is 1. The minimum absolute atomic E-state index is 0.0612. The molecule has 4 nitrogen and oxygen atoms in total. The maximum absolute atomic E-state index is 11.5. The lowest BCUT2D eigenvalue weighted by Gasteiger charge is -2.22. The number of carbonyl (C=O) groups excluding carboxylic acids is 1. The monoisotopic (exact) mass is 285 g/mol. The summed E-state index contributed by atoms with van der Waals surface area (Å²) in [6.45, 7) is 2.70. The molecular weight excluding hydrogens is 270 g/mol. The topological polar surface area (TPSA) is 58.4 Å². The molecule has 1 rings (SSSR count). The van der Waals surface area contributed by atoms with Gasteiger partial charge in [0.05, 0.1) is 17.1 Å². The summed E-state index contributed by atoms with van der Waals surface area (Å²) in [6, 6.07) is 5.35. The molecule has 0 spiro atoms. The van der Waals surface area contributed by atoms with Crippen LogP contribution in [0.3, 0.4) is 0 Å². The number of thiocarbonyl (C=S) groups is 1. The molecule has 0 radical (unpaired) electrons. The van der Waals surface area contributed by atoms with Crippen LogP contribution in [0.2, 0.25) is 5.02 Å². The molecular formula is C12H16ClN3OS. The van der Waals surface area contributed by atoms with E-state index in [1.165, 1.54) is 0 Å². The number of hydrogen-bond donors (Lipinski definition) is 2. The van der Waals surface area contributed by atoms with E-state index in [-0.39, 0.29) is 17.4 Å². The summed E-state index contributed by atoms with van der Waals surface area (Å²) in [5.41, 5.74) is 7.01.